The summed E-state index contributed by atoms with van der Waals surface area (Å²) in [5, 5.41) is 17.8. The first-order valence-electron chi connectivity index (χ1n) is 3.95. The summed E-state index contributed by atoms with van der Waals surface area (Å²) in [6.45, 7) is 4.67. The topological polar surface area (TPSA) is 77.4 Å². The normalized spacial score (nSPS) is 9.71. The Bertz CT molecular complexity index is 215. The number of rotatable bonds is 3. The lowest BCUT2D eigenvalue weighted by atomic mass is 10.4. The zero-order chi connectivity index (χ0) is 11.9. The fourth-order valence-electron chi connectivity index (χ4n) is 0.387. The van der Waals surface area contributed by atoms with Gasteiger partial charge in [-0.05, 0) is 6.92 Å². The lowest BCUT2D eigenvalue weighted by molar-refractivity contribution is -0.864. The van der Waals surface area contributed by atoms with E-state index in [-0.39, 0.29) is 12.1 Å². The summed E-state index contributed by atoms with van der Waals surface area (Å²) in [5.74, 6) is -1.94. The van der Waals surface area contributed by atoms with Gasteiger partial charge in [0.2, 0.25) is 0 Å². The number of quaternary nitrogens is 1. The second kappa shape index (κ2) is 6.15. The van der Waals surface area contributed by atoms with Gasteiger partial charge in [-0.1, -0.05) is 6.58 Å². The average Bonchev–Trinajstić information content (AvgIpc) is 1.81. The molecule has 0 heterocycles. The van der Waals surface area contributed by atoms with Gasteiger partial charge in [-0.25, -0.2) is 4.79 Å². The van der Waals surface area contributed by atoms with Crippen molar-refractivity contribution in [2.75, 3.05) is 27.7 Å². The number of carbonyl (C=O) groups is 2. The molecule has 0 fully saturated rings. The molecular weight excluding hydrogens is 186 g/mol. The van der Waals surface area contributed by atoms with Gasteiger partial charge in [0.15, 0.2) is 0 Å². The third-order valence-corrected chi connectivity index (χ3v) is 0.969. The van der Waals surface area contributed by atoms with Gasteiger partial charge in [0.25, 0.3) is 0 Å². The first-order chi connectivity index (χ1) is 6.06. The summed E-state index contributed by atoms with van der Waals surface area (Å²) >= 11 is 0. The van der Waals surface area contributed by atoms with Crippen molar-refractivity contribution in [3.63, 3.8) is 0 Å². The molecule has 0 aliphatic carbocycles. The largest absolute Gasteiger partial charge is 0.544 e. The third kappa shape index (κ3) is 16.9. The van der Waals surface area contributed by atoms with Crippen LogP contribution >= 0.6 is 0 Å². The van der Waals surface area contributed by atoms with Crippen LogP contribution in [0.1, 0.15) is 6.92 Å². The molecule has 0 bridgehead atoms. The van der Waals surface area contributed by atoms with Crippen LogP contribution in [0.4, 0.5) is 0 Å². The molecule has 0 aliphatic rings. The molecule has 1 N–H and O–H groups in total. The predicted octanol–water partition coefficient (Wildman–Crippen LogP) is -0.910. The fourth-order valence-corrected chi connectivity index (χ4v) is 0.387. The molecule has 0 aromatic heterocycles. The lowest BCUT2D eigenvalue weighted by Gasteiger charge is -2.23. The van der Waals surface area contributed by atoms with E-state index in [2.05, 4.69) is 6.58 Å². The standard InChI is InChI=1S/C5H11NO2.C4H6O2/c1-6(2,3)4-5(7)8;1-3(2)4(5)6/h4H2,1-3H3;1H2,2H3,(H,5,6). The molecular formula is C9H17NO4. The lowest BCUT2D eigenvalue weighted by Crippen LogP contribution is -2.45. The summed E-state index contributed by atoms with van der Waals surface area (Å²) in [7, 11) is 5.40. The highest BCUT2D eigenvalue weighted by atomic mass is 16.4. The molecule has 5 heteroatoms. The van der Waals surface area contributed by atoms with Crippen LogP contribution < -0.4 is 5.11 Å². The van der Waals surface area contributed by atoms with Crippen molar-refractivity contribution in [2.45, 2.75) is 6.92 Å². The first-order valence-corrected chi connectivity index (χ1v) is 3.95. The van der Waals surface area contributed by atoms with E-state index in [0.29, 0.717) is 4.48 Å². The maximum atomic E-state index is 9.89. The number of carbonyl (C=O) groups excluding carboxylic acids is 1. The van der Waals surface area contributed by atoms with Gasteiger partial charge in [0.05, 0.1) is 27.1 Å². The Hall–Kier alpha value is -1.36. The van der Waals surface area contributed by atoms with Crippen molar-refractivity contribution in [3.8, 4) is 0 Å². The molecule has 0 saturated heterocycles. The van der Waals surface area contributed by atoms with Crippen LogP contribution in [0, 0.1) is 0 Å². The minimum absolute atomic E-state index is 0.0694. The van der Waals surface area contributed by atoms with Gasteiger partial charge in [0, 0.05) is 5.57 Å². The SMILES string of the molecule is C=C(C)C(=O)O.C[N+](C)(C)CC(=O)[O-]. The molecule has 14 heavy (non-hydrogen) atoms. The molecule has 0 unspecified atom stereocenters. The molecule has 5 nitrogen and oxygen atoms in total. The van der Waals surface area contributed by atoms with Crippen LogP contribution in [0.2, 0.25) is 0 Å². The quantitative estimate of drug-likeness (QED) is 0.476. The highest BCUT2D eigenvalue weighted by Gasteiger charge is 2.04. The van der Waals surface area contributed by atoms with Gasteiger partial charge in [-0.3, -0.25) is 0 Å². The van der Waals surface area contributed by atoms with E-state index < -0.39 is 11.9 Å². The van der Waals surface area contributed by atoms with Crippen LogP contribution in [-0.2, 0) is 9.59 Å². The van der Waals surface area contributed by atoms with Gasteiger partial charge in [-0.2, -0.15) is 0 Å². The Morgan fingerprint density at radius 2 is 1.64 bits per heavy atom. The maximum absolute atomic E-state index is 9.89. The number of likely N-dealkylation sites (N-methyl/N-ethyl adjacent to an activating group) is 1. The molecule has 0 amide bonds. The number of hydrogen-bond acceptors (Lipinski definition) is 3. The molecule has 0 aromatic rings. The summed E-state index contributed by atoms with van der Waals surface area (Å²) < 4.78 is 0.419. The van der Waals surface area contributed by atoms with Crippen molar-refractivity contribution < 1.29 is 24.3 Å². The molecule has 0 saturated carbocycles. The van der Waals surface area contributed by atoms with Crippen LogP contribution in [0.5, 0.6) is 0 Å². The summed E-state index contributed by atoms with van der Waals surface area (Å²) in [4.78, 5) is 19.5. The zero-order valence-corrected chi connectivity index (χ0v) is 9.03. The minimum atomic E-state index is -1.00. The maximum Gasteiger partial charge on any atom is 0.330 e. The Labute approximate surface area is 83.9 Å². The average molecular weight is 203 g/mol. The van der Waals surface area contributed by atoms with E-state index in [1.165, 1.54) is 6.92 Å². The molecule has 0 spiro atoms. The van der Waals surface area contributed by atoms with Gasteiger partial charge < -0.3 is 19.5 Å². The third-order valence-electron chi connectivity index (χ3n) is 0.969. The number of carboxylic acids is 2. The fraction of sp³-hybridized carbons (Fsp3) is 0.556. The van der Waals surface area contributed by atoms with Crippen LogP contribution in [-0.4, -0.2) is 49.2 Å². The van der Waals surface area contributed by atoms with E-state index in [1.54, 1.807) is 21.1 Å². The van der Waals surface area contributed by atoms with E-state index in [0.717, 1.165) is 0 Å². The van der Waals surface area contributed by atoms with Crippen LogP contribution in [0.25, 0.3) is 0 Å². The summed E-state index contributed by atoms with van der Waals surface area (Å²) in [6, 6.07) is 0. The van der Waals surface area contributed by atoms with Crippen molar-refractivity contribution in [2.24, 2.45) is 0 Å². The van der Waals surface area contributed by atoms with Crippen molar-refractivity contribution in [1.82, 2.24) is 0 Å². The number of aliphatic carboxylic acids is 2. The summed E-state index contributed by atoms with van der Waals surface area (Å²) in [6.07, 6.45) is 0. The number of nitrogens with zero attached hydrogens (tertiary/aromatic N) is 1. The van der Waals surface area contributed by atoms with Gasteiger partial charge >= 0.3 is 5.97 Å². The van der Waals surface area contributed by atoms with Gasteiger partial charge in [-0.15, -0.1) is 0 Å². The Morgan fingerprint density at radius 3 is 1.64 bits per heavy atom. The highest BCUT2D eigenvalue weighted by molar-refractivity contribution is 5.84. The Kier molecular flexibility index (Phi) is 6.64. The molecule has 0 radical (unpaired) electrons. The second-order valence-electron chi connectivity index (χ2n) is 3.91. The van der Waals surface area contributed by atoms with E-state index in [4.69, 9.17) is 5.11 Å². The number of carboxylic acid groups (broad SMARTS) is 2. The Morgan fingerprint density at radius 1 is 1.36 bits per heavy atom. The monoisotopic (exact) mass is 203 g/mol. The first kappa shape index (κ1) is 15.1. The number of hydrogen-bond donors (Lipinski definition) is 1. The summed E-state index contributed by atoms with van der Waals surface area (Å²) in [5.41, 5.74) is 0.176. The highest BCUT2D eigenvalue weighted by Crippen LogP contribution is 1.85. The van der Waals surface area contributed by atoms with E-state index in [9.17, 15) is 14.7 Å². The smallest absolute Gasteiger partial charge is 0.330 e. The van der Waals surface area contributed by atoms with Gasteiger partial charge in [0.1, 0.15) is 6.54 Å². The Balaban J connectivity index is 0. The molecule has 0 aromatic carbocycles. The minimum Gasteiger partial charge on any atom is -0.544 e. The molecule has 0 aliphatic heterocycles. The molecule has 0 atom stereocenters. The molecule has 0 rings (SSSR count). The zero-order valence-electron chi connectivity index (χ0n) is 9.03. The van der Waals surface area contributed by atoms with Crippen molar-refractivity contribution in [1.29, 1.82) is 0 Å². The van der Waals surface area contributed by atoms with Crippen LogP contribution in [0.3, 0.4) is 0 Å². The van der Waals surface area contributed by atoms with Crippen molar-refractivity contribution in [3.05, 3.63) is 12.2 Å². The van der Waals surface area contributed by atoms with E-state index >= 15 is 0 Å². The van der Waals surface area contributed by atoms with Crippen LogP contribution in [0.15, 0.2) is 12.2 Å². The van der Waals surface area contributed by atoms with E-state index in [1.807, 2.05) is 0 Å². The predicted molar refractivity (Wildman–Crippen MR) is 50.4 cm³/mol. The molecule has 82 valence electrons. The second-order valence-corrected chi connectivity index (χ2v) is 3.91. The van der Waals surface area contributed by atoms with Crippen molar-refractivity contribution >= 4 is 11.9 Å².